The monoisotopic (exact) mass is 320 g/mol. The van der Waals surface area contributed by atoms with Gasteiger partial charge in [-0.05, 0) is 35.4 Å². The molecule has 0 spiro atoms. The highest BCUT2D eigenvalue weighted by molar-refractivity contribution is 6.30. The van der Waals surface area contributed by atoms with Gasteiger partial charge in [-0.25, -0.2) is 0 Å². The maximum absolute atomic E-state index is 11.4. The van der Waals surface area contributed by atoms with Crippen molar-refractivity contribution in [3.05, 3.63) is 69.7 Å². The standard InChI is InChI=1S/C17H14Cl2O2/c18-14-5-1-11(2-6-14)17(21,13-9-16(20)10-13)12-3-7-15(19)8-4-12/h1-8,13,21H,9-10H2. The van der Waals surface area contributed by atoms with Gasteiger partial charge in [0.1, 0.15) is 11.4 Å². The van der Waals surface area contributed by atoms with E-state index in [-0.39, 0.29) is 11.7 Å². The van der Waals surface area contributed by atoms with Crippen LogP contribution in [0.4, 0.5) is 0 Å². The van der Waals surface area contributed by atoms with E-state index in [1.54, 1.807) is 48.5 Å². The predicted molar refractivity (Wildman–Crippen MR) is 83.6 cm³/mol. The lowest BCUT2D eigenvalue weighted by Crippen LogP contribution is -2.44. The summed E-state index contributed by atoms with van der Waals surface area (Å²) in [5.41, 5.74) is 0.293. The van der Waals surface area contributed by atoms with Crippen molar-refractivity contribution in [1.29, 1.82) is 0 Å². The Morgan fingerprint density at radius 2 is 1.24 bits per heavy atom. The fourth-order valence-corrected chi connectivity index (χ4v) is 3.08. The summed E-state index contributed by atoms with van der Waals surface area (Å²) in [4.78, 5) is 11.4. The summed E-state index contributed by atoms with van der Waals surface area (Å²) >= 11 is 11.9. The van der Waals surface area contributed by atoms with Gasteiger partial charge in [-0.15, -0.1) is 0 Å². The number of halogens is 2. The molecule has 2 aromatic rings. The number of carbonyl (C=O) groups is 1. The molecule has 0 heterocycles. The zero-order valence-electron chi connectivity index (χ0n) is 11.2. The summed E-state index contributed by atoms with van der Waals surface area (Å²) < 4.78 is 0. The molecule has 0 aromatic heterocycles. The highest BCUT2D eigenvalue weighted by atomic mass is 35.5. The molecule has 0 aliphatic heterocycles. The molecule has 1 fully saturated rings. The molecule has 3 rings (SSSR count). The quantitative estimate of drug-likeness (QED) is 0.919. The number of rotatable bonds is 3. The van der Waals surface area contributed by atoms with Gasteiger partial charge in [0, 0.05) is 28.8 Å². The molecular formula is C17H14Cl2O2. The van der Waals surface area contributed by atoms with Gasteiger partial charge in [0.25, 0.3) is 0 Å². The topological polar surface area (TPSA) is 37.3 Å². The summed E-state index contributed by atoms with van der Waals surface area (Å²) in [6.45, 7) is 0. The van der Waals surface area contributed by atoms with E-state index < -0.39 is 5.60 Å². The van der Waals surface area contributed by atoms with Crippen LogP contribution >= 0.6 is 23.2 Å². The molecule has 1 aliphatic rings. The lowest BCUT2D eigenvalue weighted by Gasteiger charge is -2.41. The van der Waals surface area contributed by atoms with Crippen LogP contribution in [0.3, 0.4) is 0 Å². The van der Waals surface area contributed by atoms with Crippen LogP contribution < -0.4 is 0 Å². The molecule has 1 aliphatic carbocycles. The Labute approximate surface area is 133 Å². The van der Waals surface area contributed by atoms with Crippen molar-refractivity contribution < 1.29 is 9.90 Å². The van der Waals surface area contributed by atoms with Crippen molar-refractivity contribution in [1.82, 2.24) is 0 Å². The van der Waals surface area contributed by atoms with Crippen LogP contribution in [0.2, 0.25) is 10.0 Å². The molecule has 0 atom stereocenters. The first-order valence-corrected chi connectivity index (χ1v) is 7.52. The normalized spacial score (nSPS) is 15.9. The maximum atomic E-state index is 11.4. The Balaban J connectivity index is 2.08. The molecule has 0 unspecified atom stereocenters. The fourth-order valence-electron chi connectivity index (χ4n) is 2.83. The van der Waals surface area contributed by atoms with Gasteiger partial charge >= 0.3 is 0 Å². The van der Waals surface area contributed by atoms with Crippen LogP contribution in [0.5, 0.6) is 0 Å². The predicted octanol–water partition coefficient (Wildman–Crippen LogP) is 4.21. The number of Topliss-reactive ketones (excluding diaryl/α,β-unsaturated/α-hetero) is 1. The molecular weight excluding hydrogens is 307 g/mol. The Hall–Kier alpha value is -1.35. The third-order valence-corrected chi connectivity index (χ3v) is 4.61. The first kappa shape index (κ1) is 14.6. The van der Waals surface area contributed by atoms with E-state index in [4.69, 9.17) is 23.2 Å². The zero-order chi connectivity index (χ0) is 15.0. The van der Waals surface area contributed by atoms with Crippen molar-refractivity contribution in [2.45, 2.75) is 18.4 Å². The van der Waals surface area contributed by atoms with Crippen molar-refractivity contribution >= 4 is 29.0 Å². The van der Waals surface area contributed by atoms with E-state index in [1.807, 2.05) is 0 Å². The molecule has 21 heavy (non-hydrogen) atoms. The Morgan fingerprint density at radius 3 is 1.57 bits per heavy atom. The van der Waals surface area contributed by atoms with Crippen LogP contribution in [0.1, 0.15) is 24.0 Å². The summed E-state index contributed by atoms with van der Waals surface area (Å²) in [6.07, 6.45) is 0.781. The molecule has 1 saturated carbocycles. The number of hydrogen-bond donors (Lipinski definition) is 1. The smallest absolute Gasteiger partial charge is 0.133 e. The Bertz CT molecular complexity index is 609. The molecule has 4 heteroatoms. The van der Waals surface area contributed by atoms with Crippen molar-refractivity contribution in [2.75, 3.05) is 0 Å². The van der Waals surface area contributed by atoms with Gasteiger partial charge in [-0.1, -0.05) is 47.5 Å². The molecule has 0 bridgehead atoms. The van der Waals surface area contributed by atoms with Crippen LogP contribution in [0, 0.1) is 5.92 Å². The van der Waals surface area contributed by atoms with E-state index >= 15 is 0 Å². The third kappa shape index (κ3) is 2.59. The van der Waals surface area contributed by atoms with E-state index in [0.29, 0.717) is 22.9 Å². The lowest BCUT2D eigenvalue weighted by atomic mass is 9.66. The minimum atomic E-state index is -1.19. The van der Waals surface area contributed by atoms with Gasteiger partial charge in [-0.3, -0.25) is 4.79 Å². The average molecular weight is 321 g/mol. The van der Waals surface area contributed by atoms with Crippen LogP contribution in [-0.4, -0.2) is 10.9 Å². The van der Waals surface area contributed by atoms with Crippen molar-refractivity contribution in [3.63, 3.8) is 0 Å². The largest absolute Gasteiger partial charge is 0.380 e. The lowest BCUT2D eigenvalue weighted by molar-refractivity contribution is -0.134. The second-order valence-electron chi connectivity index (χ2n) is 5.42. The summed E-state index contributed by atoms with van der Waals surface area (Å²) in [5, 5.41) is 12.6. The number of carbonyl (C=O) groups excluding carboxylic acids is 1. The van der Waals surface area contributed by atoms with Crippen molar-refractivity contribution in [3.8, 4) is 0 Å². The van der Waals surface area contributed by atoms with E-state index in [1.165, 1.54) is 0 Å². The minimum absolute atomic E-state index is 0.118. The molecule has 0 radical (unpaired) electrons. The van der Waals surface area contributed by atoms with E-state index in [0.717, 1.165) is 11.1 Å². The number of ketones is 1. The SMILES string of the molecule is O=C1CC(C(O)(c2ccc(Cl)cc2)c2ccc(Cl)cc2)C1. The van der Waals surface area contributed by atoms with E-state index in [2.05, 4.69) is 0 Å². The second kappa shape index (κ2) is 5.45. The molecule has 1 N–H and O–H groups in total. The van der Waals surface area contributed by atoms with Gasteiger partial charge in [0.2, 0.25) is 0 Å². The van der Waals surface area contributed by atoms with Gasteiger partial charge in [-0.2, -0.15) is 0 Å². The zero-order valence-corrected chi connectivity index (χ0v) is 12.7. The molecule has 0 amide bonds. The Kier molecular flexibility index (Phi) is 3.78. The summed E-state index contributed by atoms with van der Waals surface area (Å²) in [5.74, 6) is 0.0636. The van der Waals surface area contributed by atoms with E-state index in [9.17, 15) is 9.90 Å². The molecule has 108 valence electrons. The van der Waals surface area contributed by atoms with Gasteiger partial charge < -0.3 is 5.11 Å². The third-order valence-electron chi connectivity index (χ3n) is 4.11. The average Bonchev–Trinajstić information content (AvgIpc) is 2.45. The number of aliphatic hydroxyl groups is 1. The summed E-state index contributed by atoms with van der Waals surface area (Å²) in [6, 6.07) is 14.2. The number of benzene rings is 2. The molecule has 2 nitrogen and oxygen atoms in total. The van der Waals surface area contributed by atoms with Crippen molar-refractivity contribution in [2.24, 2.45) is 5.92 Å². The Morgan fingerprint density at radius 1 is 0.857 bits per heavy atom. The fraction of sp³-hybridized carbons (Fsp3) is 0.235. The first-order chi connectivity index (χ1) is 10.00. The number of hydrogen-bond acceptors (Lipinski definition) is 2. The highest BCUT2D eigenvalue weighted by Crippen LogP contribution is 2.45. The highest BCUT2D eigenvalue weighted by Gasteiger charge is 2.46. The maximum Gasteiger partial charge on any atom is 0.133 e. The van der Waals surface area contributed by atoms with Crippen LogP contribution in [-0.2, 0) is 10.4 Å². The first-order valence-electron chi connectivity index (χ1n) is 6.76. The summed E-state index contributed by atoms with van der Waals surface area (Å²) in [7, 11) is 0. The molecule has 0 saturated heterocycles. The van der Waals surface area contributed by atoms with Crippen LogP contribution in [0.15, 0.2) is 48.5 Å². The minimum Gasteiger partial charge on any atom is -0.380 e. The van der Waals surface area contributed by atoms with Gasteiger partial charge in [0.05, 0.1) is 0 Å². The second-order valence-corrected chi connectivity index (χ2v) is 6.30. The van der Waals surface area contributed by atoms with Gasteiger partial charge in [0.15, 0.2) is 0 Å². The molecule has 2 aromatic carbocycles. The van der Waals surface area contributed by atoms with Crippen LogP contribution in [0.25, 0.3) is 0 Å².